The molecule has 0 spiro atoms. The van der Waals surface area contributed by atoms with Crippen LogP contribution in [0.5, 0.6) is 0 Å². The summed E-state index contributed by atoms with van der Waals surface area (Å²) in [4.78, 5) is 25.4. The van der Waals surface area contributed by atoms with Gasteiger partial charge in [0.1, 0.15) is 0 Å². The van der Waals surface area contributed by atoms with Crippen molar-refractivity contribution >= 4 is 29.1 Å². The predicted molar refractivity (Wildman–Crippen MR) is 96.1 cm³/mol. The molecular weight excluding hydrogens is 324 g/mol. The molecule has 1 aromatic carbocycles. The van der Waals surface area contributed by atoms with Crippen molar-refractivity contribution in [1.82, 2.24) is 5.32 Å². The average Bonchev–Trinajstić information content (AvgIpc) is 3.34. The second-order valence-electron chi connectivity index (χ2n) is 7.27. The zero-order valence-corrected chi connectivity index (χ0v) is 14.9. The maximum atomic E-state index is 13.0. The molecule has 4 nitrogen and oxygen atoms in total. The van der Waals surface area contributed by atoms with Crippen LogP contribution in [0, 0.1) is 12.3 Å². The molecule has 5 heteroatoms. The quantitative estimate of drug-likeness (QED) is 0.837. The first kappa shape index (κ1) is 17.3. The topological polar surface area (TPSA) is 58.2 Å². The molecule has 24 heavy (non-hydrogen) atoms. The number of benzene rings is 1. The van der Waals surface area contributed by atoms with E-state index in [2.05, 4.69) is 10.6 Å². The van der Waals surface area contributed by atoms with E-state index in [0.29, 0.717) is 17.5 Å². The van der Waals surface area contributed by atoms with Gasteiger partial charge in [0.15, 0.2) is 0 Å². The van der Waals surface area contributed by atoms with E-state index >= 15 is 0 Å². The highest BCUT2D eigenvalue weighted by Crippen LogP contribution is 2.41. The second-order valence-corrected chi connectivity index (χ2v) is 7.71. The Morgan fingerprint density at radius 1 is 1.21 bits per heavy atom. The number of aryl methyl sites for hydroxylation is 1. The predicted octanol–water partition coefficient (Wildman–Crippen LogP) is 4.21. The van der Waals surface area contributed by atoms with Crippen molar-refractivity contribution in [3.05, 3.63) is 28.8 Å². The Morgan fingerprint density at radius 3 is 2.54 bits per heavy atom. The fraction of sp³-hybridized carbons (Fsp3) is 0.579. The number of anilines is 1. The van der Waals surface area contributed by atoms with Crippen LogP contribution in [0.2, 0.25) is 5.02 Å². The number of carbonyl (C=O) groups excluding carboxylic acids is 2. The van der Waals surface area contributed by atoms with E-state index in [0.717, 1.165) is 56.2 Å². The van der Waals surface area contributed by atoms with E-state index in [9.17, 15) is 9.59 Å². The van der Waals surface area contributed by atoms with Gasteiger partial charge in [-0.2, -0.15) is 0 Å². The summed E-state index contributed by atoms with van der Waals surface area (Å²) in [5.41, 5.74) is 1.13. The first-order valence-corrected chi connectivity index (χ1v) is 9.23. The Bertz CT molecular complexity index is 634. The molecule has 0 atom stereocenters. The Balaban J connectivity index is 1.73. The molecule has 0 radical (unpaired) electrons. The SMILES string of the molecule is Cc1cc(Cl)ccc1NC(=O)C1(CC(=O)NC2CC2)CCCCC1. The standard InChI is InChI=1S/C19H25ClN2O2/c1-13-11-14(20)5-8-16(13)22-18(24)19(9-3-2-4-10-19)12-17(23)21-15-6-7-15/h5,8,11,15H,2-4,6-7,9-10,12H2,1H3,(H,21,23)(H,22,24). The molecule has 0 bridgehead atoms. The highest BCUT2D eigenvalue weighted by atomic mass is 35.5. The molecule has 130 valence electrons. The van der Waals surface area contributed by atoms with Crippen LogP contribution in [0.1, 0.15) is 56.9 Å². The first-order chi connectivity index (χ1) is 11.5. The van der Waals surface area contributed by atoms with E-state index in [1.807, 2.05) is 19.1 Å². The minimum absolute atomic E-state index is 0.0161. The van der Waals surface area contributed by atoms with Gasteiger partial charge in [0.2, 0.25) is 11.8 Å². The van der Waals surface area contributed by atoms with E-state index in [1.54, 1.807) is 6.07 Å². The summed E-state index contributed by atoms with van der Waals surface area (Å²) in [6.45, 7) is 1.93. The zero-order chi connectivity index (χ0) is 17.2. The number of rotatable bonds is 5. The van der Waals surface area contributed by atoms with Crippen molar-refractivity contribution in [2.45, 2.75) is 64.3 Å². The average molecular weight is 349 g/mol. The van der Waals surface area contributed by atoms with E-state index in [4.69, 9.17) is 11.6 Å². The molecular formula is C19H25ClN2O2. The first-order valence-electron chi connectivity index (χ1n) is 8.85. The number of hydrogen-bond donors (Lipinski definition) is 2. The lowest BCUT2D eigenvalue weighted by Gasteiger charge is -2.35. The van der Waals surface area contributed by atoms with E-state index in [1.165, 1.54) is 0 Å². The number of hydrogen-bond acceptors (Lipinski definition) is 2. The Labute approximate surface area is 148 Å². The van der Waals surface area contributed by atoms with Crippen LogP contribution in [-0.4, -0.2) is 17.9 Å². The molecule has 0 aromatic heterocycles. The van der Waals surface area contributed by atoms with Gasteiger partial charge in [0, 0.05) is 23.2 Å². The maximum Gasteiger partial charge on any atom is 0.231 e. The van der Waals surface area contributed by atoms with Crippen LogP contribution in [0.25, 0.3) is 0 Å². The Hall–Kier alpha value is -1.55. The van der Waals surface area contributed by atoms with Gasteiger partial charge in [-0.3, -0.25) is 9.59 Å². The van der Waals surface area contributed by atoms with Crippen molar-refractivity contribution in [3.63, 3.8) is 0 Å². The third kappa shape index (κ3) is 4.10. The summed E-state index contributed by atoms with van der Waals surface area (Å²) in [5.74, 6) is -0.0130. The minimum Gasteiger partial charge on any atom is -0.353 e. The lowest BCUT2D eigenvalue weighted by atomic mass is 9.70. The van der Waals surface area contributed by atoms with Crippen LogP contribution in [0.15, 0.2) is 18.2 Å². The molecule has 2 fully saturated rings. The molecule has 2 amide bonds. The molecule has 1 aromatic rings. The lowest BCUT2D eigenvalue weighted by molar-refractivity contribution is -0.134. The van der Waals surface area contributed by atoms with Gasteiger partial charge in [-0.1, -0.05) is 30.9 Å². The summed E-state index contributed by atoms with van der Waals surface area (Å²) in [6.07, 6.45) is 7.13. The molecule has 0 saturated heterocycles. The van der Waals surface area contributed by atoms with Gasteiger partial charge in [-0.05, 0) is 56.4 Å². The largest absolute Gasteiger partial charge is 0.353 e. The van der Waals surface area contributed by atoms with Crippen LogP contribution in [0.4, 0.5) is 5.69 Å². The van der Waals surface area contributed by atoms with Gasteiger partial charge in [-0.15, -0.1) is 0 Å². The highest BCUT2D eigenvalue weighted by Gasteiger charge is 2.42. The third-order valence-electron chi connectivity index (χ3n) is 5.17. The number of carbonyl (C=O) groups is 2. The van der Waals surface area contributed by atoms with Crippen molar-refractivity contribution in [2.75, 3.05) is 5.32 Å². The van der Waals surface area contributed by atoms with E-state index < -0.39 is 5.41 Å². The molecule has 0 heterocycles. The van der Waals surface area contributed by atoms with Gasteiger partial charge >= 0.3 is 0 Å². The number of nitrogens with one attached hydrogen (secondary N) is 2. The molecule has 2 aliphatic rings. The summed E-state index contributed by atoms with van der Waals surface area (Å²) in [7, 11) is 0. The molecule has 2 saturated carbocycles. The normalized spacial score (nSPS) is 19.6. The molecule has 2 N–H and O–H groups in total. The van der Waals surface area contributed by atoms with Gasteiger partial charge in [0.25, 0.3) is 0 Å². The van der Waals surface area contributed by atoms with Gasteiger partial charge in [-0.25, -0.2) is 0 Å². The smallest absolute Gasteiger partial charge is 0.231 e. The Morgan fingerprint density at radius 2 is 1.92 bits per heavy atom. The van der Waals surface area contributed by atoms with Crippen LogP contribution in [-0.2, 0) is 9.59 Å². The van der Waals surface area contributed by atoms with Crippen LogP contribution in [0.3, 0.4) is 0 Å². The van der Waals surface area contributed by atoms with Crippen molar-refractivity contribution in [3.8, 4) is 0 Å². The maximum absolute atomic E-state index is 13.0. The molecule has 0 aliphatic heterocycles. The van der Waals surface area contributed by atoms with Gasteiger partial charge < -0.3 is 10.6 Å². The summed E-state index contributed by atoms with van der Waals surface area (Å²) in [6, 6.07) is 5.78. The summed E-state index contributed by atoms with van der Waals surface area (Å²) in [5, 5.41) is 6.73. The second kappa shape index (κ2) is 7.14. The third-order valence-corrected chi connectivity index (χ3v) is 5.41. The minimum atomic E-state index is -0.580. The summed E-state index contributed by atoms with van der Waals surface area (Å²) >= 11 is 5.99. The fourth-order valence-electron chi connectivity index (χ4n) is 3.55. The number of amides is 2. The van der Waals surface area contributed by atoms with Gasteiger partial charge in [0.05, 0.1) is 5.41 Å². The number of halogens is 1. The fourth-order valence-corrected chi connectivity index (χ4v) is 3.78. The van der Waals surface area contributed by atoms with Crippen LogP contribution < -0.4 is 10.6 Å². The zero-order valence-electron chi connectivity index (χ0n) is 14.2. The lowest BCUT2D eigenvalue weighted by Crippen LogP contribution is -2.42. The van der Waals surface area contributed by atoms with E-state index in [-0.39, 0.29) is 11.8 Å². The monoisotopic (exact) mass is 348 g/mol. The Kier molecular flexibility index (Phi) is 5.14. The highest BCUT2D eigenvalue weighted by molar-refractivity contribution is 6.30. The molecule has 0 unspecified atom stereocenters. The molecule has 3 rings (SSSR count). The molecule has 2 aliphatic carbocycles. The van der Waals surface area contributed by atoms with Crippen molar-refractivity contribution < 1.29 is 9.59 Å². The van der Waals surface area contributed by atoms with Crippen LogP contribution >= 0.6 is 11.6 Å². The van der Waals surface area contributed by atoms with Crippen molar-refractivity contribution in [1.29, 1.82) is 0 Å². The summed E-state index contributed by atoms with van der Waals surface area (Å²) < 4.78 is 0. The van der Waals surface area contributed by atoms with Crippen molar-refractivity contribution in [2.24, 2.45) is 5.41 Å².